The lowest BCUT2D eigenvalue weighted by Gasteiger charge is -2.36. The van der Waals surface area contributed by atoms with Gasteiger partial charge < -0.3 is 4.90 Å². The Labute approximate surface area is 119 Å². The molecule has 3 rings (SSSR count). The number of nitrogens with zero attached hydrogens (tertiary/aromatic N) is 3. The molecule has 106 valence electrons. The molecule has 1 aromatic rings. The van der Waals surface area contributed by atoms with Gasteiger partial charge in [0.15, 0.2) is 0 Å². The molecule has 1 aromatic carbocycles. The fourth-order valence-corrected chi connectivity index (χ4v) is 3.60. The van der Waals surface area contributed by atoms with Crippen molar-refractivity contribution in [3.63, 3.8) is 0 Å². The van der Waals surface area contributed by atoms with Gasteiger partial charge in [0.25, 0.3) is 0 Å². The number of likely N-dealkylation sites (tertiary alicyclic amines) is 2. The van der Waals surface area contributed by atoms with Gasteiger partial charge in [-0.2, -0.15) is 5.26 Å². The molecule has 2 saturated heterocycles. The first-order valence-electron chi connectivity index (χ1n) is 7.28. The molecule has 2 fully saturated rings. The van der Waals surface area contributed by atoms with E-state index in [4.69, 9.17) is 5.26 Å². The van der Waals surface area contributed by atoms with Crippen molar-refractivity contribution >= 4 is 0 Å². The summed E-state index contributed by atoms with van der Waals surface area (Å²) in [6, 6.07) is 7.20. The van der Waals surface area contributed by atoms with Crippen LogP contribution in [0.4, 0.5) is 4.39 Å². The molecule has 2 atom stereocenters. The van der Waals surface area contributed by atoms with E-state index in [1.54, 1.807) is 6.07 Å². The van der Waals surface area contributed by atoms with Gasteiger partial charge in [-0.1, -0.05) is 0 Å². The molecule has 2 aliphatic heterocycles. The third-order valence-corrected chi connectivity index (χ3v) is 4.74. The van der Waals surface area contributed by atoms with Crippen LogP contribution in [0.15, 0.2) is 18.2 Å². The minimum Gasteiger partial charge on any atom is -0.305 e. The first-order valence-corrected chi connectivity index (χ1v) is 7.28. The Kier molecular flexibility index (Phi) is 3.73. The quantitative estimate of drug-likeness (QED) is 0.827. The second kappa shape index (κ2) is 5.51. The Hall–Kier alpha value is -1.44. The molecule has 20 heavy (non-hydrogen) atoms. The topological polar surface area (TPSA) is 30.3 Å². The maximum absolute atomic E-state index is 13.4. The highest BCUT2D eigenvalue weighted by atomic mass is 19.1. The molecule has 0 radical (unpaired) electrons. The van der Waals surface area contributed by atoms with Crippen molar-refractivity contribution < 1.29 is 4.39 Å². The second-order valence-electron chi connectivity index (χ2n) is 6.05. The van der Waals surface area contributed by atoms with E-state index in [1.807, 2.05) is 0 Å². The van der Waals surface area contributed by atoms with Gasteiger partial charge in [0.2, 0.25) is 0 Å². The molecule has 0 spiro atoms. The third-order valence-electron chi connectivity index (χ3n) is 4.74. The van der Waals surface area contributed by atoms with E-state index in [0.29, 0.717) is 18.2 Å². The predicted octanol–water partition coefficient (Wildman–Crippen LogP) is 2.22. The Bertz CT molecular complexity index is 537. The summed E-state index contributed by atoms with van der Waals surface area (Å²) >= 11 is 0. The van der Waals surface area contributed by atoms with Crippen molar-refractivity contribution in [1.82, 2.24) is 9.80 Å². The van der Waals surface area contributed by atoms with Crippen molar-refractivity contribution in [3.05, 3.63) is 35.1 Å². The molecule has 0 unspecified atom stereocenters. The lowest BCUT2D eigenvalue weighted by molar-refractivity contribution is 0.118. The van der Waals surface area contributed by atoms with E-state index in [0.717, 1.165) is 24.6 Å². The summed E-state index contributed by atoms with van der Waals surface area (Å²) in [4.78, 5) is 4.80. The zero-order chi connectivity index (χ0) is 14.1. The third kappa shape index (κ3) is 2.56. The molecular formula is C16H20FN3. The monoisotopic (exact) mass is 273 g/mol. The van der Waals surface area contributed by atoms with Crippen LogP contribution < -0.4 is 0 Å². The van der Waals surface area contributed by atoms with Crippen LogP contribution in [0.1, 0.15) is 24.0 Å². The molecule has 3 nitrogen and oxygen atoms in total. The van der Waals surface area contributed by atoms with Gasteiger partial charge in [0.1, 0.15) is 5.82 Å². The first kappa shape index (κ1) is 13.5. The maximum Gasteiger partial charge on any atom is 0.123 e. The van der Waals surface area contributed by atoms with E-state index < -0.39 is 0 Å². The van der Waals surface area contributed by atoms with Crippen molar-refractivity contribution in [1.29, 1.82) is 5.26 Å². The van der Waals surface area contributed by atoms with Crippen LogP contribution in [0.25, 0.3) is 0 Å². The Balaban J connectivity index is 1.78. The van der Waals surface area contributed by atoms with E-state index in [2.05, 4.69) is 22.9 Å². The average molecular weight is 273 g/mol. The molecule has 4 heteroatoms. The smallest absolute Gasteiger partial charge is 0.123 e. The van der Waals surface area contributed by atoms with Crippen molar-refractivity contribution in [3.8, 4) is 6.07 Å². The number of rotatable bonds is 2. The van der Waals surface area contributed by atoms with Crippen molar-refractivity contribution in [2.24, 2.45) is 5.92 Å². The molecule has 0 bridgehead atoms. The van der Waals surface area contributed by atoms with E-state index in [9.17, 15) is 4.39 Å². The summed E-state index contributed by atoms with van der Waals surface area (Å²) in [7, 11) is 2.16. The zero-order valence-corrected chi connectivity index (χ0v) is 11.8. The number of likely N-dealkylation sites (N-methyl/N-ethyl adjacent to an activating group) is 1. The van der Waals surface area contributed by atoms with Crippen molar-refractivity contribution in [2.75, 3.05) is 26.7 Å². The standard InChI is InChI=1S/C16H20FN3/c1-19-6-4-12-5-7-20(16(12)11-19)10-14-8-15(17)3-2-13(14)9-18/h2-3,8,12,16H,4-7,10-11H2,1H3/t12-,16+/m0/s1. The van der Waals surface area contributed by atoms with Crippen LogP contribution in [0.2, 0.25) is 0 Å². The Morgan fingerprint density at radius 3 is 2.95 bits per heavy atom. The van der Waals surface area contributed by atoms with Crippen molar-refractivity contribution in [2.45, 2.75) is 25.4 Å². The van der Waals surface area contributed by atoms with Gasteiger partial charge in [-0.3, -0.25) is 4.90 Å². The molecule has 0 saturated carbocycles. The predicted molar refractivity (Wildman–Crippen MR) is 75.5 cm³/mol. The number of nitriles is 1. The van der Waals surface area contributed by atoms with Gasteiger partial charge >= 0.3 is 0 Å². The zero-order valence-electron chi connectivity index (χ0n) is 11.8. The van der Waals surface area contributed by atoms with Gasteiger partial charge in [0.05, 0.1) is 11.6 Å². The molecule has 0 N–H and O–H groups in total. The van der Waals surface area contributed by atoms with E-state index in [-0.39, 0.29) is 5.82 Å². The fraction of sp³-hybridized carbons (Fsp3) is 0.562. The van der Waals surface area contributed by atoms with Gasteiger partial charge in [-0.15, -0.1) is 0 Å². The molecule has 0 aromatic heterocycles. The first-order chi connectivity index (χ1) is 9.67. The largest absolute Gasteiger partial charge is 0.305 e. The van der Waals surface area contributed by atoms with Crippen LogP contribution in [0.5, 0.6) is 0 Å². The summed E-state index contributed by atoms with van der Waals surface area (Å²) in [6.07, 6.45) is 2.49. The summed E-state index contributed by atoms with van der Waals surface area (Å²) in [5.74, 6) is 0.515. The second-order valence-corrected chi connectivity index (χ2v) is 6.05. The number of halogens is 1. The lowest BCUT2D eigenvalue weighted by atomic mass is 9.92. The Morgan fingerprint density at radius 2 is 2.15 bits per heavy atom. The molecular weight excluding hydrogens is 253 g/mol. The van der Waals surface area contributed by atoms with Crippen LogP contribution >= 0.6 is 0 Å². The SMILES string of the molecule is CN1CC[C@H]2CCN(Cc3cc(F)ccc3C#N)[C@@H]2C1. The molecule has 2 heterocycles. The van der Waals surface area contributed by atoms with Crippen LogP contribution in [-0.2, 0) is 6.54 Å². The summed E-state index contributed by atoms with van der Waals surface area (Å²) < 4.78 is 13.4. The van der Waals surface area contributed by atoms with Gasteiger partial charge in [0, 0.05) is 19.1 Å². The highest BCUT2D eigenvalue weighted by Gasteiger charge is 2.37. The minimum absolute atomic E-state index is 0.254. The molecule has 2 aliphatic rings. The molecule has 0 aliphatic carbocycles. The number of hydrogen-bond acceptors (Lipinski definition) is 3. The summed E-state index contributed by atoms with van der Waals surface area (Å²) in [5, 5.41) is 9.16. The van der Waals surface area contributed by atoms with Gasteiger partial charge in [-0.25, -0.2) is 4.39 Å². The number of hydrogen-bond donors (Lipinski definition) is 0. The van der Waals surface area contributed by atoms with E-state index >= 15 is 0 Å². The van der Waals surface area contributed by atoms with Crippen LogP contribution in [0.3, 0.4) is 0 Å². The number of fused-ring (bicyclic) bond motifs is 1. The fourth-order valence-electron chi connectivity index (χ4n) is 3.60. The highest BCUT2D eigenvalue weighted by molar-refractivity contribution is 5.37. The summed E-state index contributed by atoms with van der Waals surface area (Å²) in [6.45, 7) is 4.01. The average Bonchev–Trinajstić information content (AvgIpc) is 2.82. The minimum atomic E-state index is -0.254. The van der Waals surface area contributed by atoms with Crippen LogP contribution in [0, 0.1) is 23.1 Å². The Morgan fingerprint density at radius 1 is 1.35 bits per heavy atom. The van der Waals surface area contributed by atoms with Gasteiger partial charge in [-0.05, 0) is 62.7 Å². The normalized spacial score (nSPS) is 27.2. The maximum atomic E-state index is 13.4. The summed E-state index contributed by atoms with van der Waals surface area (Å²) in [5.41, 5.74) is 1.42. The number of benzene rings is 1. The van der Waals surface area contributed by atoms with Crippen LogP contribution in [-0.4, -0.2) is 42.5 Å². The lowest BCUT2D eigenvalue weighted by Crippen LogP contribution is -2.46. The highest BCUT2D eigenvalue weighted by Crippen LogP contribution is 2.32. The molecule has 0 amide bonds. The number of piperidine rings is 1. The van der Waals surface area contributed by atoms with E-state index in [1.165, 1.54) is 31.5 Å².